The molecule has 0 saturated carbocycles. The van der Waals surface area contributed by atoms with Crippen LogP contribution in [0.25, 0.3) is 32.9 Å². The minimum atomic E-state index is -0.175. The molecule has 5 nitrogen and oxygen atoms in total. The third-order valence-corrected chi connectivity index (χ3v) is 5.47. The van der Waals surface area contributed by atoms with Gasteiger partial charge in [-0.1, -0.05) is 60.7 Å². The van der Waals surface area contributed by atoms with Gasteiger partial charge in [-0.05, 0) is 43.7 Å². The van der Waals surface area contributed by atoms with Crippen molar-refractivity contribution >= 4 is 33.5 Å². The average Bonchev–Trinajstić information content (AvgIpc) is 2.80. The van der Waals surface area contributed by atoms with Gasteiger partial charge >= 0.3 is 0 Å². The SMILES string of the molecule is CCN(CC(=O)NC(C)C)C(=O)c1cc(-c2cccc3ccccc23)nc2ccccc12. The fraction of sp³-hybridized carbons (Fsp3) is 0.222. The smallest absolute Gasteiger partial charge is 0.255 e. The van der Waals surface area contributed by atoms with Gasteiger partial charge in [0, 0.05) is 23.5 Å². The molecule has 3 aromatic carbocycles. The molecule has 4 rings (SSSR count). The van der Waals surface area contributed by atoms with Crippen molar-refractivity contribution in [3.63, 3.8) is 0 Å². The fourth-order valence-corrected chi connectivity index (χ4v) is 3.98. The second-order valence-corrected chi connectivity index (χ2v) is 8.14. The van der Waals surface area contributed by atoms with Crippen LogP contribution < -0.4 is 5.32 Å². The molecule has 0 unspecified atom stereocenters. The minimum absolute atomic E-state index is 0.0216. The predicted molar refractivity (Wildman–Crippen MR) is 130 cm³/mol. The Balaban J connectivity index is 1.82. The van der Waals surface area contributed by atoms with Crippen LogP contribution >= 0.6 is 0 Å². The zero-order valence-corrected chi connectivity index (χ0v) is 18.6. The average molecular weight is 426 g/mol. The van der Waals surface area contributed by atoms with Crippen LogP contribution in [-0.4, -0.2) is 40.8 Å². The standard InChI is InChI=1S/C27H27N3O2/c1-4-30(17-26(31)28-18(2)3)27(32)23-16-25(29-24-15-8-7-13-22(23)24)21-14-9-11-19-10-5-6-12-20(19)21/h5-16,18H,4,17H2,1-3H3,(H,28,31). The van der Waals surface area contributed by atoms with Crippen molar-refractivity contribution in [2.45, 2.75) is 26.8 Å². The lowest BCUT2D eigenvalue weighted by Crippen LogP contribution is -2.42. The first-order chi connectivity index (χ1) is 15.5. The largest absolute Gasteiger partial charge is 0.352 e. The number of benzene rings is 3. The van der Waals surface area contributed by atoms with Gasteiger partial charge in [0.1, 0.15) is 0 Å². The number of carbonyl (C=O) groups excluding carboxylic acids is 2. The summed E-state index contributed by atoms with van der Waals surface area (Å²) in [7, 11) is 0. The van der Waals surface area contributed by atoms with Crippen molar-refractivity contribution in [2.75, 3.05) is 13.1 Å². The van der Waals surface area contributed by atoms with E-state index >= 15 is 0 Å². The molecule has 32 heavy (non-hydrogen) atoms. The molecule has 0 radical (unpaired) electrons. The van der Waals surface area contributed by atoms with Gasteiger partial charge in [0.15, 0.2) is 0 Å². The summed E-state index contributed by atoms with van der Waals surface area (Å²) in [6.07, 6.45) is 0. The summed E-state index contributed by atoms with van der Waals surface area (Å²) in [5.41, 5.74) is 3.02. The van der Waals surface area contributed by atoms with Gasteiger partial charge in [-0.2, -0.15) is 0 Å². The molecular formula is C27H27N3O2. The maximum atomic E-state index is 13.6. The summed E-state index contributed by atoms with van der Waals surface area (Å²) in [4.78, 5) is 32.4. The number of likely N-dealkylation sites (N-methyl/N-ethyl adjacent to an activating group) is 1. The molecule has 0 saturated heterocycles. The van der Waals surface area contributed by atoms with E-state index in [9.17, 15) is 9.59 Å². The molecule has 1 N–H and O–H groups in total. The zero-order valence-electron chi connectivity index (χ0n) is 18.6. The van der Waals surface area contributed by atoms with Crippen LogP contribution in [0.5, 0.6) is 0 Å². The highest BCUT2D eigenvalue weighted by molar-refractivity contribution is 6.09. The number of rotatable bonds is 6. The van der Waals surface area contributed by atoms with Gasteiger partial charge in [-0.3, -0.25) is 9.59 Å². The maximum absolute atomic E-state index is 13.6. The van der Waals surface area contributed by atoms with Crippen molar-refractivity contribution in [3.8, 4) is 11.3 Å². The molecule has 0 aliphatic heterocycles. The van der Waals surface area contributed by atoms with Gasteiger partial charge in [0.05, 0.1) is 23.3 Å². The fourth-order valence-electron chi connectivity index (χ4n) is 3.98. The van der Waals surface area contributed by atoms with Crippen LogP contribution in [0.4, 0.5) is 0 Å². The number of hydrogen-bond donors (Lipinski definition) is 1. The lowest BCUT2D eigenvalue weighted by molar-refractivity contribution is -0.122. The summed E-state index contributed by atoms with van der Waals surface area (Å²) >= 11 is 0. The van der Waals surface area contributed by atoms with Crippen molar-refractivity contribution in [1.82, 2.24) is 15.2 Å². The Morgan fingerprint density at radius 3 is 2.38 bits per heavy atom. The number of fused-ring (bicyclic) bond motifs is 2. The van der Waals surface area contributed by atoms with Gasteiger partial charge in [0.25, 0.3) is 5.91 Å². The van der Waals surface area contributed by atoms with Crippen LogP contribution in [0.15, 0.2) is 72.8 Å². The Morgan fingerprint density at radius 2 is 1.62 bits per heavy atom. The van der Waals surface area contributed by atoms with Crippen molar-refractivity contribution in [3.05, 3.63) is 78.4 Å². The quantitative estimate of drug-likeness (QED) is 0.471. The van der Waals surface area contributed by atoms with Crippen LogP contribution in [0.3, 0.4) is 0 Å². The summed E-state index contributed by atoms with van der Waals surface area (Å²) in [5, 5.41) is 5.85. The van der Waals surface area contributed by atoms with E-state index in [1.165, 1.54) is 0 Å². The monoisotopic (exact) mass is 425 g/mol. The molecule has 2 amide bonds. The lowest BCUT2D eigenvalue weighted by Gasteiger charge is -2.22. The summed E-state index contributed by atoms with van der Waals surface area (Å²) in [6.45, 7) is 6.15. The molecule has 4 aromatic rings. The summed E-state index contributed by atoms with van der Waals surface area (Å²) in [6, 6.07) is 23.8. The van der Waals surface area contributed by atoms with Gasteiger partial charge in [-0.15, -0.1) is 0 Å². The zero-order chi connectivity index (χ0) is 22.7. The lowest BCUT2D eigenvalue weighted by atomic mass is 9.98. The van der Waals surface area contributed by atoms with Crippen molar-refractivity contribution in [1.29, 1.82) is 0 Å². The molecule has 1 heterocycles. The second kappa shape index (κ2) is 9.18. The van der Waals surface area contributed by atoms with E-state index in [0.29, 0.717) is 12.1 Å². The molecular weight excluding hydrogens is 398 g/mol. The molecule has 0 bridgehead atoms. The van der Waals surface area contributed by atoms with Crippen molar-refractivity contribution in [2.24, 2.45) is 0 Å². The Kier molecular flexibility index (Phi) is 6.17. The molecule has 0 aliphatic carbocycles. The van der Waals surface area contributed by atoms with E-state index in [4.69, 9.17) is 4.98 Å². The van der Waals surface area contributed by atoms with E-state index in [1.54, 1.807) is 4.90 Å². The Bertz CT molecular complexity index is 1290. The first kappa shape index (κ1) is 21.5. The van der Waals surface area contributed by atoms with Crippen LogP contribution in [-0.2, 0) is 4.79 Å². The van der Waals surface area contributed by atoms with Crippen LogP contribution in [0.1, 0.15) is 31.1 Å². The molecule has 0 spiro atoms. The predicted octanol–water partition coefficient (Wildman–Crippen LogP) is 5.04. The number of para-hydroxylation sites is 1. The topological polar surface area (TPSA) is 62.3 Å². The molecule has 1 aromatic heterocycles. The molecule has 5 heteroatoms. The highest BCUT2D eigenvalue weighted by atomic mass is 16.2. The normalized spacial score (nSPS) is 11.1. The first-order valence-electron chi connectivity index (χ1n) is 10.9. The minimum Gasteiger partial charge on any atom is -0.352 e. The third kappa shape index (κ3) is 4.33. The summed E-state index contributed by atoms with van der Waals surface area (Å²) in [5.74, 6) is -0.339. The highest BCUT2D eigenvalue weighted by Crippen LogP contribution is 2.31. The van der Waals surface area contributed by atoms with Gasteiger partial charge in [0.2, 0.25) is 5.91 Å². The van der Waals surface area contributed by atoms with Crippen LogP contribution in [0.2, 0.25) is 0 Å². The number of hydrogen-bond acceptors (Lipinski definition) is 3. The molecule has 0 atom stereocenters. The number of pyridine rings is 1. The number of nitrogens with one attached hydrogen (secondary N) is 1. The third-order valence-electron chi connectivity index (χ3n) is 5.47. The molecule has 0 fully saturated rings. The maximum Gasteiger partial charge on any atom is 0.255 e. The Morgan fingerprint density at radius 1 is 0.938 bits per heavy atom. The van der Waals surface area contributed by atoms with Gasteiger partial charge in [-0.25, -0.2) is 4.98 Å². The van der Waals surface area contributed by atoms with Crippen molar-refractivity contribution < 1.29 is 9.59 Å². The first-order valence-corrected chi connectivity index (χ1v) is 10.9. The van der Waals surface area contributed by atoms with E-state index in [0.717, 1.165) is 32.9 Å². The van der Waals surface area contributed by atoms with E-state index in [2.05, 4.69) is 23.5 Å². The number of nitrogens with zero attached hydrogens (tertiary/aromatic N) is 2. The number of amides is 2. The van der Waals surface area contributed by atoms with Crippen LogP contribution in [0, 0.1) is 0 Å². The van der Waals surface area contributed by atoms with E-state index < -0.39 is 0 Å². The highest BCUT2D eigenvalue weighted by Gasteiger charge is 2.21. The van der Waals surface area contributed by atoms with E-state index in [1.807, 2.05) is 75.4 Å². The van der Waals surface area contributed by atoms with Gasteiger partial charge < -0.3 is 10.2 Å². The summed E-state index contributed by atoms with van der Waals surface area (Å²) < 4.78 is 0. The molecule has 162 valence electrons. The Labute approximate surface area is 188 Å². The number of aromatic nitrogens is 1. The number of carbonyl (C=O) groups is 2. The second-order valence-electron chi connectivity index (χ2n) is 8.14. The van der Waals surface area contributed by atoms with E-state index in [-0.39, 0.29) is 24.4 Å². The molecule has 0 aliphatic rings. The Hall–Kier alpha value is -3.73.